The van der Waals surface area contributed by atoms with Gasteiger partial charge in [0.05, 0.1) is 0 Å². The molecule has 4 heteroatoms. The predicted octanol–water partition coefficient (Wildman–Crippen LogP) is 3.37. The van der Waals surface area contributed by atoms with Crippen molar-refractivity contribution < 1.29 is 19.4 Å². The molecule has 0 atom stereocenters. The van der Waals surface area contributed by atoms with E-state index in [0.29, 0.717) is 5.75 Å². The Morgan fingerprint density at radius 3 is 1.95 bits per heavy atom. The molecular weight excluding hydrogens is 268 g/mol. The van der Waals surface area contributed by atoms with Gasteiger partial charge in [-0.3, -0.25) is 9.59 Å². The van der Waals surface area contributed by atoms with Gasteiger partial charge in [0.1, 0.15) is 5.75 Å². The fraction of sp³-hybridized carbons (Fsp3) is 0.176. The Morgan fingerprint density at radius 2 is 1.43 bits per heavy atom. The maximum atomic E-state index is 11.8. The summed E-state index contributed by atoms with van der Waals surface area (Å²) in [6.07, 6.45) is 0. The first-order chi connectivity index (χ1) is 9.91. The Kier molecular flexibility index (Phi) is 4.08. The number of benzene rings is 2. The van der Waals surface area contributed by atoms with Crippen molar-refractivity contribution in [3.8, 4) is 16.9 Å². The van der Waals surface area contributed by atoms with Crippen molar-refractivity contribution in [3.63, 3.8) is 0 Å². The number of ether oxygens (including phenoxy) is 1. The molecule has 0 fully saturated rings. The van der Waals surface area contributed by atoms with Crippen LogP contribution in [0, 0.1) is 5.41 Å². The standard InChI is InChI=1S/C17H16O4/c1-17(2,15(18)19)16(20)21-14-10-8-13(9-11-14)12-6-4-3-5-7-12/h3-11H,1-2H3,(H,18,19). The van der Waals surface area contributed by atoms with Gasteiger partial charge in [-0.05, 0) is 37.1 Å². The van der Waals surface area contributed by atoms with E-state index >= 15 is 0 Å². The second kappa shape index (κ2) is 5.79. The van der Waals surface area contributed by atoms with E-state index in [2.05, 4.69) is 0 Å². The molecule has 21 heavy (non-hydrogen) atoms. The van der Waals surface area contributed by atoms with Crippen LogP contribution in [0.4, 0.5) is 0 Å². The van der Waals surface area contributed by atoms with Crippen molar-refractivity contribution >= 4 is 11.9 Å². The number of rotatable bonds is 4. The highest BCUT2D eigenvalue weighted by Crippen LogP contribution is 2.24. The quantitative estimate of drug-likeness (QED) is 0.531. The van der Waals surface area contributed by atoms with Gasteiger partial charge >= 0.3 is 11.9 Å². The van der Waals surface area contributed by atoms with E-state index in [4.69, 9.17) is 9.84 Å². The Bertz CT molecular complexity index is 642. The molecule has 0 unspecified atom stereocenters. The summed E-state index contributed by atoms with van der Waals surface area (Å²) in [6, 6.07) is 16.7. The van der Waals surface area contributed by atoms with Gasteiger partial charge < -0.3 is 9.84 Å². The smallest absolute Gasteiger partial charge is 0.328 e. The number of carbonyl (C=O) groups excluding carboxylic acids is 1. The molecule has 0 radical (unpaired) electrons. The third-order valence-electron chi connectivity index (χ3n) is 3.22. The van der Waals surface area contributed by atoms with Crippen LogP contribution in [0.15, 0.2) is 54.6 Å². The van der Waals surface area contributed by atoms with Crippen molar-refractivity contribution in [1.82, 2.24) is 0 Å². The highest BCUT2D eigenvalue weighted by atomic mass is 16.5. The van der Waals surface area contributed by atoms with Crippen molar-refractivity contribution in [2.45, 2.75) is 13.8 Å². The summed E-state index contributed by atoms with van der Waals surface area (Å²) in [5.74, 6) is -1.68. The topological polar surface area (TPSA) is 63.6 Å². The molecule has 0 aliphatic heterocycles. The lowest BCUT2D eigenvalue weighted by Gasteiger charge is -2.17. The zero-order valence-electron chi connectivity index (χ0n) is 11.9. The maximum Gasteiger partial charge on any atom is 0.328 e. The molecule has 4 nitrogen and oxygen atoms in total. The monoisotopic (exact) mass is 284 g/mol. The molecule has 0 aliphatic rings. The molecule has 0 bridgehead atoms. The minimum absolute atomic E-state index is 0.328. The van der Waals surface area contributed by atoms with E-state index in [0.717, 1.165) is 11.1 Å². The molecule has 0 aliphatic carbocycles. The first-order valence-corrected chi connectivity index (χ1v) is 6.52. The van der Waals surface area contributed by atoms with E-state index in [1.165, 1.54) is 13.8 Å². The Labute approximate surface area is 123 Å². The highest BCUT2D eigenvalue weighted by Gasteiger charge is 2.38. The summed E-state index contributed by atoms with van der Waals surface area (Å²) in [5.41, 5.74) is 0.479. The van der Waals surface area contributed by atoms with Crippen molar-refractivity contribution in [2.75, 3.05) is 0 Å². The third kappa shape index (κ3) is 3.28. The lowest BCUT2D eigenvalue weighted by Crippen LogP contribution is -2.36. The Morgan fingerprint density at radius 1 is 0.905 bits per heavy atom. The van der Waals surface area contributed by atoms with Gasteiger partial charge in [-0.25, -0.2) is 0 Å². The van der Waals surface area contributed by atoms with Gasteiger partial charge in [0.2, 0.25) is 0 Å². The fourth-order valence-corrected chi connectivity index (χ4v) is 1.67. The number of aliphatic carboxylic acids is 1. The number of carboxylic acids is 1. The Balaban J connectivity index is 2.14. The first kappa shape index (κ1) is 14.8. The Hall–Kier alpha value is -2.62. The largest absolute Gasteiger partial charge is 0.480 e. The second-order valence-corrected chi connectivity index (χ2v) is 5.21. The van der Waals surface area contributed by atoms with Crippen molar-refractivity contribution in [3.05, 3.63) is 54.6 Å². The zero-order chi connectivity index (χ0) is 15.5. The molecule has 0 aromatic heterocycles. The molecular formula is C17H16O4. The molecule has 2 aromatic carbocycles. The lowest BCUT2D eigenvalue weighted by atomic mass is 9.94. The van der Waals surface area contributed by atoms with Crippen LogP contribution in [-0.2, 0) is 9.59 Å². The number of carbonyl (C=O) groups is 2. The summed E-state index contributed by atoms with van der Waals surface area (Å²) in [4.78, 5) is 22.8. The summed E-state index contributed by atoms with van der Waals surface area (Å²) < 4.78 is 5.11. The van der Waals surface area contributed by atoms with Crippen LogP contribution in [0.25, 0.3) is 11.1 Å². The fourth-order valence-electron chi connectivity index (χ4n) is 1.67. The molecule has 108 valence electrons. The van der Waals surface area contributed by atoms with Gasteiger partial charge in [0.25, 0.3) is 0 Å². The molecule has 0 saturated heterocycles. The minimum Gasteiger partial charge on any atom is -0.480 e. The number of carboxylic acid groups (broad SMARTS) is 1. The van der Waals surface area contributed by atoms with Gasteiger partial charge in [0.15, 0.2) is 5.41 Å². The van der Waals surface area contributed by atoms with Crippen LogP contribution in [-0.4, -0.2) is 17.0 Å². The van der Waals surface area contributed by atoms with Gasteiger partial charge in [-0.2, -0.15) is 0 Å². The normalized spacial score (nSPS) is 11.0. The van der Waals surface area contributed by atoms with E-state index in [-0.39, 0.29) is 0 Å². The molecule has 0 heterocycles. The highest BCUT2D eigenvalue weighted by molar-refractivity contribution is 5.99. The van der Waals surface area contributed by atoms with Crippen molar-refractivity contribution in [2.24, 2.45) is 5.41 Å². The zero-order valence-corrected chi connectivity index (χ0v) is 11.9. The van der Waals surface area contributed by atoms with Crippen LogP contribution in [0.5, 0.6) is 5.75 Å². The number of hydrogen-bond donors (Lipinski definition) is 1. The predicted molar refractivity (Wildman–Crippen MR) is 78.9 cm³/mol. The maximum absolute atomic E-state index is 11.8. The second-order valence-electron chi connectivity index (χ2n) is 5.21. The third-order valence-corrected chi connectivity index (χ3v) is 3.22. The van der Waals surface area contributed by atoms with Crippen LogP contribution < -0.4 is 4.74 Å². The number of esters is 1. The van der Waals surface area contributed by atoms with Crippen molar-refractivity contribution in [1.29, 1.82) is 0 Å². The molecule has 0 amide bonds. The molecule has 2 rings (SSSR count). The van der Waals surface area contributed by atoms with E-state index in [1.54, 1.807) is 12.1 Å². The molecule has 0 spiro atoms. The van der Waals surface area contributed by atoms with E-state index in [1.807, 2.05) is 42.5 Å². The number of hydrogen-bond acceptors (Lipinski definition) is 3. The average molecular weight is 284 g/mol. The summed E-state index contributed by atoms with van der Waals surface area (Å²) in [6.45, 7) is 2.63. The first-order valence-electron chi connectivity index (χ1n) is 6.52. The van der Waals surface area contributed by atoms with Crippen LogP contribution in [0.3, 0.4) is 0 Å². The average Bonchev–Trinajstić information content (AvgIpc) is 2.48. The van der Waals surface area contributed by atoms with Crippen LogP contribution in [0.2, 0.25) is 0 Å². The van der Waals surface area contributed by atoms with E-state index in [9.17, 15) is 9.59 Å². The lowest BCUT2D eigenvalue weighted by molar-refractivity contribution is -0.160. The summed E-state index contributed by atoms with van der Waals surface area (Å²) >= 11 is 0. The van der Waals surface area contributed by atoms with Gasteiger partial charge in [-0.1, -0.05) is 42.5 Å². The molecule has 1 N–H and O–H groups in total. The van der Waals surface area contributed by atoms with Crippen LogP contribution >= 0.6 is 0 Å². The molecule has 0 saturated carbocycles. The summed E-state index contributed by atoms with van der Waals surface area (Å²) in [5, 5.41) is 8.98. The SMILES string of the molecule is CC(C)(C(=O)O)C(=O)Oc1ccc(-c2ccccc2)cc1. The van der Waals surface area contributed by atoms with Gasteiger partial charge in [-0.15, -0.1) is 0 Å². The van der Waals surface area contributed by atoms with E-state index < -0.39 is 17.4 Å². The van der Waals surface area contributed by atoms with Crippen LogP contribution in [0.1, 0.15) is 13.8 Å². The van der Waals surface area contributed by atoms with Gasteiger partial charge in [0, 0.05) is 0 Å². The minimum atomic E-state index is -1.57. The summed E-state index contributed by atoms with van der Waals surface area (Å²) in [7, 11) is 0. The molecule has 2 aromatic rings.